The summed E-state index contributed by atoms with van der Waals surface area (Å²) < 4.78 is 16.8. The summed E-state index contributed by atoms with van der Waals surface area (Å²) in [4.78, 5) is 48.3. The van der Waals surface area contributed by atoms with E-state index in [1.54, 1.807) is 38.1 Å². The number of carbonyl (C=O) groups excluding carboxylic acids is 2. The third kappa shape index (κ3) is 5.30. The first-order valence-electron chi connectivity index (χ1n) is 13.8. The normalized spacial score (nSPS) is 13.3. The highest BCUT2D eigenvalue weighted by molar-refractivity contribution is 6.07. The lowest BCUT2D eigenvalue weighted by Crippen LogP contribution is -2.33. The van der Waals surface area contributed by atoms with Gasteiger partial charge in [0, 0.05) is 40.8 Å². The van der Waals surface area contributed by atoms with E-state index in [1.807, 2.05) is 10.8 Å². The predicted octanol–water partition coefficient (Wildman–Crippen LogP) is 4.51. The van der Waals surface area contributed by atoms with Crippen LogP contribution in [0.15, 0.2) is 71.9 Å². The van der Waals surface area contributed by atoms with Crippen LogP contribution in [-0.2, 0) is 13.0 Å². The van der Waals surface area contributed by atoms with E-state index in [1.165, 1.54) is 41.2 Å². The number of nitrogens with one attached hydrogen (secondary N) is 1. The quantitative estimate of drug-likeness (QED) is 0.268. The summed E-state index contributed by atoms with van der Waals surface area (Å²) in [5.41, 5.74) is 8.18. The lowest BCUT2D eigenvalue weighted by molar-refractivity contribution is 0.0627. The molecule has 4 N–H and O–H groups in total. The van der Waals surface area contributed by atoms with Crippen molar-refractivity contribution in [1.82, 2.24) is 19.1 Å². The average molecular weight is 581 g/mol. The first-order valence-corrected chi connectivity index (χ1v) is 13.8. The first-order chi connectivity index (χ1) is 20.5. The molecule has 5 aromatic rings. The molecule has 0 saturated carbocycles. The number of pyridine rings is 1. The molecule has 10 nitrogen and oxygen atoms in total. The Morgan fingerprint density at radius 2 is 1.77 bits per heavy atom. The van der Waals surface area contributed by atoms with Crippen LogP contribution in [0.25, 0.3) is 27.8 Å². The summed E-state index contributed by atoms with van der Waals surface area (Å²) in [6.45, 7) is 3.69. The van der Waals surface area contributed by atoms with Crippen LogP contribution in [0.3, 0.4) is 0 Å². The number of carbonyl (C=O) groups is 2. The number of Topliss-reactive ketones (excluding diaryl/α,β-unsaturated/α-hetero) is 1. The SMILES string of the molecule is CC(C)(O)Cn1cc(-c2ccc(NC(=O)c3cc4c(n(-c5ccc(F)cc5)c3=O)CCCC4=O)cc2)c2c(N)ncnc21. The molecule has 11 heteroatoms. The minimum atomic E-state index is -0.992. The van der Waals surface area contributed by atoms with Crippen LogP contribution in [0.5, 0.6) is 0 Å². The minimum Gasteiger partial charge on any atom is -0.389 e. The molecule has 0 bridgehead atoms. The number of aromatic nitrogens is 4. The van der Waals surface area contributed by atoms with Crippen molar-refractivity contribution in [2.45, 2.75) is 45.3 Å². The molecule has 3 heterocycles. The van der Waals surface area contributed by atoms with E-state index in [-0.39, 0.29) is 17.9 Å². The molecule has 1 amide bonds. The van der Waals surface area contributed by atoms with Crippen LogP contribution in [0.1, 0.15) is 53.1 Å². The largest absolute Gasteiger partial charge is 0.389 e. The molecular formula is C32H29FN6O4. The first kappa shape index (κ1) is 28.0. The molecular weight excluding hydrogens is 551 g/mol. The molecule has 43 heavy (non-hydrogen) atoms. The fourth-order valence-corrected chi connectivity index (χ4v) is 5.55. The Morgan fingerprint density at radius 1 is 1.05 bits per heavy atom. The number of ketones is 1. The van der Waals surface area contributed by atoms with E-state index in [0.717, 1.165) is 11.1 Å². The van der Waals surface area contributed by atoms with Crippen molar-refractivity contribution in [3.63, 3.8) is 0 Å². The van der Waals surface area contributed by atoms with E-state index >= 15 is 0 Å². The van der Waals surface area contributed by atoms with E-state index in [2.05, 4.69) is 15.3 Å². The Labute approximate surface area is 245 Å². The maximum atomic E-state index is 13.6. The summed E-state index contributed by atoms with van der Waals surface area (Å²) in [7, 11) is 0. The van der Waals surface area contributed by atoms with Gasteiger partial charge in [-0.05, 0) is 74.7 Å². The monoisotopic (exact) mass is 580 g/mol. The maximum absolute atomic E-state index is 13.6. The van der Waals surface area contributed by atoms with E-state index in [0.29, 0.717) is 58.7 Å². The zero-order valence-corrected chi connectivity index (χ0v) is 23.6. The number of fused-ring (bicyclic) bond motifs is 2. The van der Waals surface area contributed by atoms with Gasteiger partial charge in [-0.3, -0.25) is 19.0 Å². The van der Waals surface area contributed by atoms with Crippen molar-refractivity contribution in [2.75, 3.05) is 11.1 Å². The van der Waals surface area contributed by atoms with Crippen LogP contribution in [0.2, 0.25) is 0 Å². The summed E-state index contributed by atoms with van der Waals surface area (Å²) in [5, 5.41) is 13.8. The Morgan fingerprint density at radius 3 is 2.47 bits per heavy atom. The number of nitrogens with zero attached hydrogens (tertiary/aromatic N) is 4. The van der Waals surface area contributed by atoms with Crippen molar-refractivity contribution >= 4 is 34.2 Å². The topological polar surface area (TPSA) is 145 Å². The van der Waals surface area contributed by atoms with Gasteiger partial charge in [0.2, 0.25) is 0 Å². The fraction of sp³-hybridized carbons (Fsp3) is 0.219. The van der Waals surface area contributed by atoms with Gasteiger partial charge in [-0.15, -0.1) is 0 Å². The summed E-state index contributed by atoms with van der Waals surface area (Å²) in [6, 6.07) is 13.7. The Kier molecular flexibility index (Phi) is 6.89. The fourth-order valence-electron chi connectivity index (χ4n) is 5.55. The van der Waals surface area contributed by atoms with Crippen LogP contribution >= 0.6 is 0 Å². The van der Waals surface area contributed by atoms with Gasteiger partial charge >= 0.3 is 0 Å². The van der Waals surface area contributed by atoms with Gasteiger partial charge in [-0.1, -0.05) is 12.1 Å². The van der Waals surface area contributed by atoms with Gasteiger partial charge in [0.05, 0.1) is 17.5 Å². The molecule has 0 radical (unpaired) electrons. The van der Waals surface area contributed by atoms with Gasteiger partial charge in [0.15, 0.2) is 5.78 Å². The maximum Gasteiger partial charge on any atom is 0.268 e. The molecule has 1 aliphatic carbocycles. The zero-order valence-electron chi connectivity index (χ0n) is 23.6. The predicted molar refractivity (Wildman–Crippen MR) is 161 cm³/mol. The number of amides is 1. The number of hydrogen-bond donors (Lipinski definition) is 3. The molecule has 6 rings (SSSR count). The van der Waals surface area contributed by atoms with Crippen molar-refractivity contribution < 1.29 is 19.1 Å². The zero-order chi connectivity index (χ0) is 30.5. The third-order valence-corrected chi connectivity index (χ3v) is 7.44. The number of benzene rings is 2. The van der Waals surface area contributed by atoms with Gasteiger partial charge in [0.25, 0.3) is 11.5 Å². The number of anilines is 2. The summed E-state index contributed by atoms with van der Waals surface area (Å²) in [5.74, 6) is -0.987. The second-order valence-electron chi connectivity index (χ2n) is 11.3. The lowest BCUT2D eigenvalue weighted by atomic mass is 9.92. The van der Waals surface area contributed by atoms with E-state index in [4.69, 9.17) is 5.73 Å². The number of nitrogens with two attached hydrogens (primary N) is 1. The smallest absolute Gasteiger partial charge is 0.268 e. The number of rotatable bonds is 6. The van der Waals surface area contributed by atoms with Crippen LogP contribution in [0.4, 0.5) is 15.9 Å². The van der Waals surface area contributed by atoms with Crippen molar-refractivity contribution in [1.29, 1.82) is 0 Å². The molecule has 0 spiro atoms. The molecule has 1 aliphatic rings. The van der Waals surface area contributed by atoms with Crippen molar-refractivity contribution in [3.8, 4) is 16.8 Å². The molecule has 0 fully saturated rings. The lowest BCUT2D eigenvalue weighted by Gasteiger charge is -2.21. The molecule has 0 saturated heterocycles. The van der Waals surface area contributed by atoms with E-state index in [9.17, 15) is 23.9 Å². The highest BCUT2D eigenvalue weighted by Crippen LogP contribution is 2.34. The summed E-state index contributed by atoms with van der Waals surface area (Å²) in [6.07, 6.45) is 4.61. The summed E-state index contributed by atoms with van der Waals surface area (Å²) >= 11 is 0. The highest BCUT2D eigenvalue weighted by Gasteiger charge is 2.26. The standard InChI is InChI=1S/C32H29FN6O4/c1-32(2,43)16-38-15-24(27-28(34)35-17-36-29(27)38)18-6-10-20(11-7-18)37-30(41)23-14-22-25(4-3-5-26(22)40)39(31(23)42)21-12-8-19(33)9-13-21/h6-15,17,43H,3-5,16H2,1-2H3,(H,37,41)(H2,34,35,36). The molecule has 3 aromatic heterocycles. The van der Waals surface area contributed by atoms with Gasteiger partial charge < -0.3 is 20.7 Å². The number of hydrogen-bond acceptors (Lipinski definition) is 7. The minimum absolute atomic E-state index is 0.150. The highest BCUT2D eigenvalue weighted by atomic mass is 19.1. The van der Waals surface area contributed by atoms with Crippen molar-refractivity contribution in [3.05, 3.63) is 100 Å². The average Bonchev–Trinajstić information content (AvgIpc) is 3.32. The van der Waals surface area contributed by atoms with Crippen LogP contribution in [0, 0.1) is 5.82 Å². The van der Waals surface area contributed by atoms with Crippen LogP contribution in [-0.4, -0.2) is 41.5 Å². The van der Waals surface area contributed by atoms with E-state index < -0.39 is 22.9 Å². The number of aliphatic hydroxyl groups is 1. The van der Waals surface area contributed by atoms with Crippen LogP contribution < -0.4 is 16.6 Å². The molecule has 2 aromatic carbocycles. The molecule has 218 valence electrons. The van der Waals surface area contributed by atoms with Gasteiger partial charge in [-0.25, -0.2) is 14.4 Å². The number of nitrogen functional groups attached to an aromatic ring is 1. The Bertz CT molecular complexity index is 1950. The third-order valence-electron chi connectivity index (χ3n) is 7.44. The Balaban J connectivity index is 1.34. The Hall–Kier alpha value is -5.16. The molecule has 0 atom stereocenters. The second-order valence-corrected chi connectivity index (χ2v) is 11.3. The molecule has 0 unspecified atom stereocenters. The second kappa shape index (κ2) is 10.6. The number of halogens is 1. The van der Waals surface area contributed by atoms with Gasteiger partial charge in [0.1, 0.15) is 29.2 Å². The van der Waals surface area contributed by atoms with Crippen molar-refractivity contribution in [2.24, 2.45) is 0 Å². The van der Waals surface area contributed by atoms with Gasteiger partial charge in [-0.2, -0.15) is 0 Å². The molecule has 0 aliphatic heterocycles.